The number of likely N-dealkylation sites (tertiary alicyclic amines) is 1. The van der Waals surface area contributed by atoms with Crippen LogP contribution in [0.25, 0.3) is 0 Å². The van der Waals surface area contributed by atoms with E-state index in [0.717, 1.165) is 0 Å². The number of thiol groups is 1. The van der Waals surface area contributed by atoms with E-state index in [1.54, 1.807) is 6.92 Å². The van der Waals surface area contributed by atoms with Crippen LogP contribution >= 0.6 is 12.6 Å². The molecular formula is C16H28N2O6S. The summed E-state index contributed by atoms with van der Waals surface area (Å²) in [7, 11) is 2.92. The zero-order chi connectivity index (χ0) is 19.1. The van der Waals surface area contributed by atoms with Gasteiger partial charge in [0.25, 0.3) is 0 Å². The number of nitrogens with one attached hydrogen (secondary N) is 1. The van der Waals surface area contributed by atoms with Gasteiger partial charge in [0.05, 0.1) is 12.2 Å². The average molecular weight is 376 g/mol. The van der Waals surface area contributed by atoms with Gasteiger partial charge < -0.3 is 24.8 Å². The van der Waals surface area contributed by atoms with Crippen molar-refractivity contribution >= 4 is 30.4 Å². The van der Waals surface area contributed by atoms with E-state index in [2.05, 4.69) is 17.9 Å². The number of carbonyl (C=O) groups excluding carboxylic acids is 2. The minimum Gasteiger partial charge on any atom is -0.480 e. The zero-order valence-electron chi connectivity index (χ0n) is 15.1. The highest BCUT2D eigenvalue weighted by atomic mass is 32.1. The first-order chi connectivity index (χ1) is 11.8. The van der Waals surface area contributed by atoms with E-state index < -0.39 is 47.3 Å². The number of hydrogen-bond acceptors (Lipinski definition) is 6. The van der Waals surface area contributed by atoms with Gasteiger partial charge in [-0.2, -0.15) is 12.6 Å². The maximum atomic E-state index is 12.8. The maximum absolute atomic E-state index is 12.8. The second-order valence-corrected chi connectivity index (χ2v) is 6.64. The van der Waals surface area contributed by atoms with Crippen LogP contribution in [0.15, 0.2) is 0 Å². The van der Waals surface area contributed by atoms with Gasteiger partial charge in [0.1, 0.15) is 17.3 Å². The van der Waals surface area contributed by atoms with Crippen molar-refractivity contribution in [3.8, 4) is 0 Å². The van der Waals surface area contributed by atoms with Crippen molar-refractivity contribution < 1.29 is 29.0 Å². The number of amides is 2. The molecule has 1 aliphatic heterocycles. The predicted octanol–water partition coefficient (Wildman–Crippen LogP) is 0.305. The molecule has 8 nitrogen and oxygen atoms in total. The van der Waals surface area contributed by atoms with Crippen LogP contribution in [0.2, 0.25) is 0 Å². The van der Waals surface area contributed by atoms with Crippen LogP contribution in [-0.4, -0.2) is 78.1 Å². The third-order valence-corrected chi connectivity index (χ3v) is 5.12. The molecule has 0 aromatic carbocycles. The summed E-state index contributed by atoms with van der Waals surface area (Å²) in [5, 5.41) is 11.2. The van der Waals surface area contributed by atoms with Crippen LogP contribution in [0, 0.1) is 0 Å². The Hall–Kier alpha value is -1.32. The predicted molar refractivity (Wildman–Crippen MR) is 94.6 cm³/mol. The molecule has 0 aromatic heterocycles. The molecule has 1 fully saturated rings. The highest BCUT2D eigenvalue weighted by Gasteiger charge is 2.40. The number of methoxy groups -OCH3 is 2. The molecule has 0 bridgehead atoms. The number of carboxylic acid groups (broad SMARTS) is 1. The van der Waals surface area contributed by atoms with E-state index in [9.17, 15) is 19.5 Å². The lowest BCUT2D eigenvalue weighted by Crippen LogP contribution is -2.58. The molecule has 25 heavy (non-hydrogen) atoms. The van der Waals surface area contributed by atoms with Crippen molar-refractivity contribution in [2.45, 2.75) is 62.7 Å². The van der Waals surface area contributed by atoms with Crippen molar-refractivity contribution in [1.29, 1.82) is 0 Å². The lowest BCUT2D eigenvalue weighted by molar-refractivity contribution is -0.151. The first kappa shape index (κ1) is 21.7. The number of ether oxygens (including phenoxy) is 2. The van der Waals surface area contributed by atoms with Crippen molar-refractivity contribution in [2.75, 3.05) is 20.8 Å². The molecule has 0 spiro atoms. The number of aliphatic carboxylic acids is 1. The third-order valence-electron chi connectivity index (χ3n) is 4.55. The molecule has 1 rings (SSSR count). The van der Waals surface area contributed by atoms with E-state index in [1.807, 2.05) is 6.92 Å². The molecule has 0 aromatic rings. The van der Waals surface area contributed by atoms with Crippen molar-refractivity contribution in [2.24, 2.45) is 0 Å². The number of hydrogen-bond donors (Lipinski definition) is 3. The number of nitrogens with zero attached hydrogens (tertiary/aromatic N) is 1. The Morgan fingerprint density at radius 2 is 1.96 bits per heavy atom. The molecule has 1 heterocycles. The Balaban J connectivity index is 2.92. The summed E-state index contributed by atoms with van der Waals surface area (Å²) in [5.74, 6) is -1.96. The normalized spacial score (nSPS) is 22.1. The smallest absolute Gasteiger partial charge is 0.326 e. The molecular weight excluding hydrogens is 348 g/mol. The zero-order valence-corrected chi connectivity index (χ0v) is 16.0. The summed E-state index contributed by atoms with van der Waals surface area (Å²) < 4.78 is 10.4. The molecule has 4 unspecified atom stereocenters. The standard InChI is InChI=1S/C16H28N2O6S/c1-5-11(24-4)13(25)14(19)17-12(9(2)23-3)15(20)18-8-6-7-10(18)16(21)22/h9-13,25H,5-8H2,1-4H3,(H,17,19)(H,21,22)/t9?,10-,11?,12?,13?/m0/s1. The third kappa shape index (κ3) is 5.32. The second-order valence-electron chi connectivity index (χ2n) is 6.08. The van der Waals surface area contributed by atoms with Crippen LogP contribution in [-0.2, 0) is 23.9 Å². The molecule has 1 aliphatic rings. The van der Waals surface area contributed by atoms with Crippen LogP contribution in [0.1, 0.15) is 33.1 Å². The van der Waals surface area contributed by atoms with E-state index in [4.69, 9.17) is 9.47 Å². The Morgan fingerprint density at radius 1 is 1.32 bits per heavy atom. The second kappa shape index (κ2) is 9.98. The van der Waals surface area contributed by atoms with Crippen molar-refractivity contribution in [3.63, 3.8) is 0 Å². The monoisotopic (exact) mass is 376 g/mol. The Kier molecular flexibility index (Phi) is 8.67. The molecule has 0 saturated carbocycles. The van der Waals surface area contributed by atoms with Crippen LogP contribution < -0.4 is 5.32 Å². The number of rotatable bonds is 9. The van der Waals surface area contributed by atoms with Gasteiger partial charge in [-0.15, -0.1) is 0 Å². The van der Waals surface area contributed by atoms with Crippen LogP contribution in [0.4, 0.5) is 0 Å². The molecule has 0 radical (unpaired) electrons. The number of carbonyl (C=O) groups is 3. The van der Waals surface area contributed by atoms with Gasteiger partial charge in [-0.25, -0.2) is 4.79 Å². The Morgan fingerprint density at radius 3 is 2.44 bits per heavy atom. The van der Waals surface area contributed by atoms with Gasteiger partial charge in [0.15, 0.2) is 0 Å². The molecule has 0 aliphatic carbocycles. The van der Waals surface area contributed by atoms with E-state index >= 15 is 0 Å². The molecule has 2 N–H and O–H groups in total. The van der Waals surface area contributed by atoms with Gasteiger partial charge in [-0.3, -0.25) is 9.59 Å². The van der Waals surface area contributed by atoms with E-state index in [-0.39, 0.29) is 0 Å². The molecule has 1 saturated heterocycles. The van der Waals surface area contributed by atoms with Crippen LogP contribution in [0.3, 0.4) is 0 Å². The fourth-order valence-electron chi connectivity index (χ4n) is 2.91. The first-order valence-corrected chi connectivity index (χ1v) is 8.87. The lowest BCUT2D eigenvalue weighted by atomic mass is 10.1. The lowest BCUT2D eigenvalue weighted by Gasteiger charge is -2.31. The van der Waals surface area contributed by atoms with E-state index in [0.29, 0.717) is 25.8 Å². The summed E-state index contributed by atoms with van der Waals surface area (Å²) in [6.07, 6.45) is 0.593. The fourth-order valence-corrected chi connectivity index (χ4v) is 3.32. The average Bonchev–Trinajstić information content (AvgIpc) is 3.09. The minimum atomic E-state index is -1.04. The van der Waals surface area contributed by atoms with Gasteiger partial charge >= 0.3 is 5.97 Å². The van der Waals surface area contributed by atoms with Crippen molar-refractivity contribution in [3.05, 3.63) is 0 Å². The first-order valence-electron chi connectivity index (χ1n) is 8.35. The number of carboxylic acids is 1. The molecule has 144 valence electrons. The minimum absolute atomic E-state index is 0.346. The topological polar surface area (TPSA) is 105 Å². The summed E-state index contributed by atoms with van der Waals surface area (Å²) in [6.45, 7) is 3.86. The highest BCUT2D eigenvalue weighted by Crippen LogP contribution is 2.20. The summed E-state index contributed by atoms with van der Waals surface area (Å²) >= 11 is 4.28. The summed E-state index contributed by atoms with van der Waals surface area (Å²) in [5.41, 5.74) is 0. The quantitative estimate of drug-likeness (QED) is 0.500. The SMILES string of the molecule is CCC(OC)C(S)C(=O)NC(C(=O)N1CCC[C@H]1C(=O)O)C(C)OC. The van der Waals surface area contributed by atoms with Crippen LogP contribution in [0.5, 0.6) is 0 Å². The van der Waals surface area contributed by atoms with Gasteiger partial charge in [0.2, 0.25) is 11.8 Å². The molecule has 2 amide bonds. The van der Waals surface area contributed by atoms with Gasteiger partial charge in [-0.05, 0) is 26.2 Å². The van der Waals surface area contributed by atoms with Gasteiger partial charge in [-0.1, -0.05) is 6.92 Å². The maximum Gasteiger partial charge on any atom is 0.326 e. The van der Waals surface area contributed by atoms with Crippen molar-refractivity contribution in [1.82, 2.24) is 10.2 Å². The summed E-state index contributed by atoms with van der Waals surface area (Å²) in [6, 6.07) is -1.86. The highest BCUT2D eigenvalue weighted by molar-refractivity contribution is 7.81. The molecule has 9 heteroatoms. The Labute approximate surface area is 153 Å². The Bertz CT molecular complexity index is 485. The van der Waals surface area contributed by atoms with Gasteiger partial charge in [0, 0.05) is 20.8 Å². The fraction of sp³-hybridized carbons (Fsp3) is 0.812. The molecule has 5 atom stereocenters. The summed E-state index contributed by atoms with van der Waals surface area (Å²) in [4.78, 5) is 37.9. The van der Waals surface area contributed by atoms with E-state index in [1.165, 1.54) is 19.1 Å². The largest absolute Gasteiger partial charge is 0.480 e.